The van der Waals surface area contributed by atoms with Gasteiger partial charge in [-0.1, -0.05) is 48.0 Å². The van der Waals surface area contributed by atoms with Gasteiger partial charge in [0.1, 0.15) is 5.54 Å². The van der Waals surface area contributed by atoms with Gasteiger partial charge in [0, 0.05) is 35.2 Å². The molecule has 2 unspecified atom stereocenters. The molecule has 3 aliphatic heterocycles. The number of carbonyl (C=O) groups excluding carboxylic acids is 3. The molecule has 4 aromatic rings. The van der Waals surface area contributed by atoms with Crippen LogP contribution in [-0.2, 0) is 32.8 Å². The number of hydrogen-bond acceptors (Lipinski definition) is 6. The third-order valence-corrected chi connectivity index (χ3v) is 9.29. The Morgan fingerprint density at radius 1 is 0.952 bits per heavy atom. The summed E-state index contributed by atoms with van der Waals surface area (Å²) in [5.41, 5.74) is 2.55. The van der Waals surface area contributed by atoms with Gasteiger partial charge < -0.3 is 19.8 Å². The number of aromatic amines is 1. The van der Waals surface area contributed by atoms with Crippen LogP contribution in [0.1, 0.15) is 16.7 Å². The number of carbonyl (C=O) groups is 3. The summed E-state index contributed by atoms with van der Waals surface area (Å²) in [5.74, 6) is -1.47. The minimum atomic E-state index is -1.41. The van der Waals surface area contributed by atoms with E-state index in [0.29, 0.717) is 40.6 Å². The number of anilines is 1. The third kappa shape index (κ3) is 3.77. The molecule has 4 heterocycles. The van der Waals surface area contributed by atoms with E-state index in [1.165, 1.54) is 4.90 Å². The normalized spacial score (nSPS) is 24.4. The fourth-order valence-corrected chi connectivity index (χ4v) is 7.28. The van der Waals surface area contributed by atoms with E-state index in [1.54, 1.807) is 38.5 Å². The van der Waals surface area contributed by atoms with Gasteiger partial charge in [-0.25, -0.2) is 0 Å². The molecule has 10 heteroatoms. The Bertz CT molecular complexity index is 1770. The second-order valence-corrected chi connectivity index (χ2v) is 11.4. The molecule has 2 saturated heterocycles. The first-order valence-corrected chi connectivity index (χ1v) is 14.2. The van der Waals surface area contributed by atoms with Gasteiger partial charge in [-0.05, 0) is 48.2 Å². The monoisotopic (exact) mass is 584 g/mol. The Hall–Kier alpha value is -4.34. The van der Waals surface area contributed by atoms with Crippen LogP contribution in [-0.4, -0.2) is 54.4 Å². The molecule has 1 spiro atoms. The summed E-state index contributed by atoms with van der Waals surface area (Å²) in [6.07, 6.45) is 2.82. The Labute approximate surface area is 247 Å². The summed E-state index contributed by atoms with van der Waals surface area (Å²) in [6, 6.07) is 18.3. The van der Waals surface area contributed by atoms with Gasteiger partial charge in [-0.15, -0.1) is 0 Å². The van der Waals surface area contributed by atoms with Crippen LogP contribution in [0.25, 0.3) is 10.9 Å². The highest BCUT2D eigenvalue weighted by Gasteiger charge is 2.70. The van der Waals surface area contributed by atoms with Gasteiger partial charge >= 0.3 is 0 Å². The van der Waals surface area contributed by atoms with E-state index in [1.807, 2.05) is 42.6 Å². The summed E-state index contributed by atoms with van der Waals surface area (Å²) in [5, 5.41) is 7.84. The minimum absolute atomic E-state index is 0.181. The highest BCUT2D eigenvalue weighted by Crippen LogP contribution is 2.54. The van der Waals surface area contributed by atoms with E-state index in [9.17, 15) is 14.4 Å². The first-order valence-electron chi connectivity index (χ1n) is 13.9. The standard InChI is InChI=1S/C32H29ClN4O5/c1-41-24-11-10-17(14-25(24)42-2)12-13-37-29(38)26-23(15-18-16-34-22-9-4-3-6-19(18)22)36-32(27(26)30(37)39)20-7-5-8-21(33)28(20)35-31(32)40/h3-11,14,16,23,26-27,34,36H,12-13,15H2,1-2H3,(H,35,40)/t23?,26-,27+,32?/m1/s1. The second-order valence-electron chi connectivity index (χ2n) is 11.0. The van der Waals surface area contributed by atoms with Crippen molar-refractivity contribution in [2.75, 3.05) is 26.1 Å². The number of halogens is 1. The largest absolute Gasteiger partial charge is 0.493 e. The van der Waals surface area contributed by atoms with E-state index < -0.39 is 23.4 Å². The van der Waals surface area contributed by atoms with Crippen LogP contribution in [0.15, 0.2) is 66.9 Å². The number of hydrogen-bond donors (Lipinski definition) is 3. The van der Waals surface area contributed by atoms with Crippen LogP contribution in [0.5, 0.6) is 11.5 Å². The number of para-hydroxylation sites is 2. The third-order valence-electron chi connectivity index (χ3n) is 8.98. The quantitative estimate of drug-likeness (QED) is 0.283. The molecule has 3 aliphatic rings. The molecular weight excluding hydrogens is 556 g/mol. The maximum Gasteiger partial charge on any atom is 0.250 e. The van der Waals surface area contributed by atoms with Gasteiger partial charge in [0.2, 0.25) is 17.7 Å². The van der Waals surface area contributed by atoms with Crippen LogP contribution < -0.4 is 20.1 Å². The van der Waals surface area contributed by atoms with Crippen molar-refractivity contribution >= 4 is 45.9 Å². The lowest BCUT2D eigenvalue weighted by Gasteiger charge is -2.29. The molecule has 3 amide bonds. The average Bonchev–Trinajstić information content (AvgIpc) is 3.71. The van der Waals surface area contributed by atoms with Gasteiger partial charge in [-0.2, -0.15) is 0 Å². The summed E-state index contributed by atoms with van der Waals surface area (Å²) in [7, 11) is 3.13. The van der Waals surface area contributed by atoms with Crippen molar-refractivity contribution in [3.63, 3.8) is 0 Å². The molecule has 0 saturated carbocycles. The maximum atomic E-state index is 14.2. The second kappa shape index (κ2) is 9.89. The van der Waals surface area contributed by atoms with Crippen molar-refractivity contribution in [1.29, 1.82) is 0 Å². The molecule has 42 heavy (non-hydrogen) atoms. The number of nitrogens with zero attached hydrogens (tertiary/aromatic N) is 1. The summed E-state index contributed by atoms with van der Waals surface area (Å²) < 4.78 is 10.8. The molecule has 3 aromatic carbocycles. The highest BCUT2D eigenvalue weighted by atomic mass is 35.5. The molecule has 0 aliphatic carbocycles. The zero-order valence-electron chi connectivity index (χ0n) is 23.1. The highest BCUT2D eigenvalue weighted by molar-refractivity contribution is 6.35. The Morgan fingerprint density at radius 3 is 2.57 bits per heavy atom. The van der Waals surface area contributed by atoms with Crippen LogP contribution in [0, 0.1) is 11.8 Å². The van der Waals surface area contributed by atoms with Crippen molar-refractivity contribution < 1.29 is 23.9 Å². The number of aromatic nitrogens is 1. The first kappa shape index (κ1) is 26.6. The molecule has 1 aromatic heterocycles. The number of imide groups is 1. The van der Waals surface area contributed by atoms with Gasteiger partial charge in [0.25, 0.3) is 0 Å². The number of nitrogens with one attached hydrogen (secondary N) is 3. The number of rotatable bonds is 7. The molecular formula is C32H29ClN4O5. The number of amides is 3. The number of fused-ring (bicyclic) bond motifs is 5. The van der Waals surface area contributed by atoms with Crippen molar-refractivity contribution in [3.05, 3.63) is 88.6 Å². The van der Waals surface area contributed by atoms with E-state index in [2.05, 4.69) is 15.6 Å². The lowest BCUT2D eigenvalue weighted by Crippen LogP contribution is -2.53. The molecule has 9 nitrogen and oxygen atoms in total. The van der Waals surface area contributed by atoms with E-state index in [-0.39, 0.29) is 24.3 Å². The fraction of sp³-hybridized carbons (Fsp3) is 0.281. The molecule has 3 N–H and O–H groups in total. The number of likely N-dealkylation sites (tertiary alicyclic amines) is 1. The van der Waals surface area contributed by atoms with Crippen molar-refractivity contribution in [2.24, 2.45) is 11.8 Å². The molecule has 0 radical (unpaired) electrons. The topological polar surface area (TPSA) is 113 Å². The van der Waals surface area contributed by atoms with Crippen molar-refractivity contribution in [1.82, 2.24) is 15.2 Å². The number of ether oxygens (including phenoxy) is 2. The van der Waals surface area contributed by atoms with Crippen LogP contribution in [0.3, 0.4) is 0 Å². The smallest absolute Gasteiger partial charge is 0.250 e. The summed E-state index contributed by atoms with van der Waals surface area (Å²) in [6.45, 7) is 0.181. The first-order chi connectivity index (χ1) is 20.4. The molecule has 2 fully saturated rings. The van der Waals surface area contributed by atoms with E-state index in [4.69, 9.17) is 21.1 Å². The zero-order chi connectivity index (χ0) is 29.2. The van der Waals surface area contributed by atoms with Crippen molar-refractivity contribution in [3.8, 4) is 11.5 Å². The molecule has 0 bridgehead atoms. The van der Waals surface area contributed by atoms with Crippen LogP contribution >= 0.6 is 11.6 Å². The fourth-order valence-electron chi connectivity index (χ4n) is 7.06. The zero-order valence-corrected chi connectivity index (χ0v) is 23.8. The Balaban J connectivity index is 1.26. The van der Waals surface area contributed by atoms with Gasteiger partial charge in [0.15, 0.2) is 11.5 Å². The lowest BCUT2D eigenvalue weighted by molar-refractivity contribution is -0.142. The SMILES string of the molecule is COc1ccc(CCN2C(=O)[C@@H]3C(Cc4c[nH]c5ccccc45)NC4(C(=O)Nc5c(Cl)cccc54)[C@@H]3C2=O)cc1OC. The molecule has 214 valence electrons. The molecule has 4 atom stereocenters. The summed E-state index contributed by atoms with van der Waals surface area (Å²) >= 11 is 6.49. The Kier molecular flexibility index (Phi) is 6.25. The number of benzene rings is 3. The maximum absolute atomic E-state index is 14.2. The summed E-state index contributed by atoms with van der Waals surface area (Å²) in [4.78, 5) is 46.8. The van der Waals surface area contributed by atoms with Crippen LogP contribution in [0.4, 0.5) is 5.69 Å². The van der Waals surface area contributed by atoms with Gasteiger partial charge in [-0.3, -0.25) is 24.6 Å². The average molecular weight is 585 g/mol. The molecule has 7 rings (SSSR count). The minimum Gasteiger partial charge on any atom is -0.493 e. The van der Waals surface area contributed by atoms with Crippen LogP contribution in [0.2, 0.25) is 5.02 Å². The van der Waals surface area contributed by atoms with Crippen molar-refractivity contribution in [2.45, 2.75) is 24.4 Å². The van der Waals surface area contributed by atoms with E-state index >= 15 is 0 Å². The number of methoxy groups -OCH3 is 2. The number of H-pyrrole nitrogens is 1. The van der Waals surface area contributed by atoms with E-state index in [0.717, 1.165) is 22.0 Å². The predicted octanol–water partition coefficient (Wildman–Crippen LogP) is 4.04. The Morgan fingerprint density at radius 2 is 1.76 bits per heavy atom. The lowest BCUT2D eigenvalue weighted by atomic mass is 9.76. The predicted molar refractivity (Wildman–Crippen MR) is 158 cm³/mol. The van der Waals surface area contributed by atoms with Gasteiger partial charge in [0.05, 0.1) is 36.8 Å².